The number of nitrogens with two attached hydrogens (primary N) is 1. The van der Waals surface area contributed by atoms with Gasteiger partial charge in [0, 0.05) is 5.56 Å². The quantitative estimate of drug-likeness (QED) is 0.740. The molecule has 1 rings (SSSR count). The molecular formula is C8H9BrFNO2. The Labute approximate surface area is 83.1 Å². The summed E-state index contributed by atoms with van der Waals surface area (Å²) < 4.78 is 13.1. The second-order valence-corrected chi connectivity index (χ2v) is 3.47. The van der Waals surface area contributed by atoms with Gasteiger partial charge in [0.1, 0.15) is 11.6 Å². The molecule has 13 heavy (non-hydrogen) atoms. The van der Waals surface area contributed by atoms with Gasteiger partial charge in [-0.1, -0.05) is 0 Å². The van der Waals surface area contributed by atoms with Crippen molar-refractivity contribution in [1.29, 1.82) is 0 Å². The van der Waals surface area contributed by atoms with Crippen molar-refractivity contribution < 1.29 is 14.6 Å². The Morgan fingerprint density at radius 1 is 1.54 bits per heavy atom. The fourth-order valence-corrected chi connectivity index (χ4v) is 1.41. The summed E-state index contributed by atoms with van der Waals surface area (Å²) in [5.41, 5.74) is 5.62. The second-order valence-electron chi connectivity index (χ2n) is 2.61. The van der Waals surface area contributed by atoms with Crippen molar-refractivity contribution in [3.63, 3.8) is 0 Å². The van der Waals surface area contributed by atoms with Gasteiger partial charge < -0.3 is 15.9 Å². The van der Waals surface area contributed by atoms with Crippen LogP contribution in [0.5, 0.6) is 5.75 Å². The maximum absolute atomic E-state index is 12.8. The number of aromatic hydroxyl groups is 1. The summed E-state index contributed by atoms with van der Waals surface area (Å²) in [4.78, 5) is 0. The van der Waals surface area contributed by atoms with Crippen molar-refractivity contribution in [1.82, 2.24) is 0 Å². The molecule has 4 N–H and O–H groups in total. The summed E-state index contributed by atoms with van der Waals surface area (Å²) in [5, 5.41) is 18.1. The van der Waals surface area contributed by atoms with Gasteiger partial charge in [-0.15, -0.1) is 0 Å². The van der Waals surface area contributed by atoms with E-state index in [9.17, 15) is 9.50 Å². The maximum atomic E-state index is 12.8. The molecule has 5 heteroatoms. The summed E-state index contributed by atoms with van der Waals surface area (Å²) in [5.74, 6) is -0.647. The van der Waals surface area contributed by atoms with E-state index in [0.29, 0.717) is 0 Å². The minimum absolute atomic E-state index is 0.136. The molecule has 0 bridgehead atoms. The van der Waals surface area contributed by atoms with E-state index in [0.717, 1.165) is 12.1 Å². The van der Waals surface area contributed by atoms with Crippen molar-refractivity contribution in [2.45, 2.75) is 6.04 Å². The normalized spacial score (nSPS) is 12.9. The average Bonchev–Trinajstić information content (AvgIpc) is 2.10. The lowest BCUT2D eigenvalue weighted by atomic mass is 10.1. The summed E-state index contributed by atoms with van der Waals surface area (Å²) in [6.45, 7) is -0.344. The van der Waals surface area contributed by atoms with E-state index in [1.807, 2.05) is 0 Å². The first-order chi connectivity index (χ1) is 6.06. The fourth-order valence-electron chi connectivity index (χ4n) is 0.967. The van der Waals surface area contributed by atoms with Gasteiger partial charge >= 0.3 is 0 Å². The van der Waals surface area contributed by atoms with Crippen LogP contribution in [0.25, 0.3) is 0 Å². The first kappa shape index (κ1) is 10.4. The van der Waals surface area contributed by atoms with Crippen LogP contribution in [0.1, 0.15) is 11.6 Å². The molecular weight excluding hydrogens is 241 g/mol. The molecule has 0 saturated carbocycles. The summed E-state index contributed by atoms with van der Waals surface area (Å²) in [7, 11) is 0. The van der Waals surface area contributed by atoms with E-state index in [1.165, 1.54) is 0 Å². The van der Waals surface area contributed by atoms with Crippen molar-refractivity contribution >= 4 is 15.9 Å². The standard InChI is InChI=1S/C8H9BrFNO2/c9-6-2-4(10)1-5(8(6)13)7(11)3-12/h1-2,7,12-13H,3,11H2/t7-/m1/s1. The van der Waals surface area contributed by atoms with E-state index in [2.05, 4.69) is 15.9 Å². The van der Waals surface area contributed by atoms with E-state index in [1.54, 1.807) is 0 Å². The molecule has 0 spiro atoms. The lowest BCUT2D eigenvalue weighted by molar-refractivity contribution is 0.265. The minimum Gasteiger partial charge on any atom is -0.506 e. The van der Waals surface area contributed by atoms with Crippen LogP contribution in [0.15, 0.2) is 16.6 Å². The molecule has 1 aromatic carbocycles. The van der Waals surface area contributed by atoms with Gasteiger partial charge in [-0.25, -0.2) is 4.39 Å². The number of phenols is 1. The molecule has 0 saturated heterocycles. The molecule has 0 amide bonds. The van der Waals surface area contributed by atoms with Crippen LogP contribution in [0.3, 0.4) is 0 Å². The first-order valence-corrected chi connectivity index (χ1v) is 4.40. The Hall–Kier alpha value is -0.650. The smallest absolute Gasteiger partial charge is 0.134 e. The predicted octanol–water partition coefficient (Wildman–Crippen LogP) is 1.29. The maximum Gasteiger partial charge on any atom is 0.134 e. The Morgan fingerprint density at radius 2 is 2.15 bits per heavy atom. The van der Waals surface area contributed by atoms with Crippen molar-refractivity contribution in [2.24, 2.45) is 5.73 Å². The van der Waals surface area contributed by atoms with Gasteiger partial charge in [-0.05, 0) is 28.1 Å². The number of hydrogen-bond acceptors (Lipinski definition) is 3. The molecule has 0 aliphatic rings. The molecule has 1 aromatic rings. The molecule has 0 aromatic heterocycles. The molecule has 72 valence electrons. The SMILES string of the molecule is N[C@H](CO)c1cc(F)cc(Br)c1O. The number of benzene rings is 1. The number of rotatable bonds is 2. The monoisotopic (exact) mass is 249 g/mol. The highest BCUT2D eigenvalue weighted by molar-refractivity contribution is 9.10. The van der Waals surface area contributed by atoms with Crippen LogP contribution in [-0.2, 0) is 0 Å². The van der Waals surface area contributed by atoms with Gasteiger partial charge in [0.25, 0.3) is 0 Å². The van der Waals surface area contributed by atoms with Crippen LogP contribution < -0.4 is 5.73 Å². The average molecular weight is 250 g/mol. The van der Waals surface area contributed by atoms with Crippen molar-refractivity contribution in [3.05, 3.63) is 28.0 Å². The Kier molecular flexibility index (Phi) is 3.24. The predicted molar refractivity (Wildman–Crippen MR) is 49.8 cm³/mol. The lowest BCUT2D eigenvalue weighted by Gasteiger charge is -2.11. The number of aliphatic hydroxyl groups is 1. The molecule has 0 fully saturated rings. The number of hydrogen-bond donors (Lipinski definition) is 3. The molecule has 0 radical (unpaired) electrons. The Bertz CT molecular complexity index is 319. The molecule has 0 unspecified atom stereocenters. The summed E-state index contributed by atoms with van der Waals surface area (Å²) >= 11 is 2.97. The van der Waals surface area contributed by atoms with Gasteiger partial charge in [0.2, 0.25) is 0 Å². The number of phenolic OH excluding ortho intramolecular Hbond substituents is 1. The van der Waals surface area contributed by atoms with Gasteiger partial charge in [0.05, 0.1) is 17.1 Å². The van der Waals surface area contributed by atoms with E-state index in [-0.39, 0.29) is 22.4 Å². The molecule has 3 nitrogen and oxygen atoms in total. The van der Waals surface area contributed by atoms with Gasteiger partial charge in [-0.2, -0.15) is 0 Å². The van der Waals surface area contributed by atoms with Crippen LogP contribution in [0, 0.1) is 5.82 Å². The zero-order chi connectivity index (χ0) is 10.0. The fraction of sp³-hybridized carbons (Fsp3) is 0.250. The highest BCUT2D eigenvalue weighted by atomic mass is 79.9. The zero-order valence-corrected chi connectivity index (χ0v) is 8.25. The Morgan fingerprint density at radius 3 is 2.69 bits per heavy atom. The molecule has 0 aliphatic heterocycles. The van der Waals surface area contributed by atoms with Crippen LogP contribution >= 0.6 is 15.9 Å². The van der Waals surface area contributed by atoms with Crippen molar-refractivity contribution in [2.75, 3.05) is 6.61 Å². The van der Waals surface area contributed by atoms with Crippen molar-refractivity contribution in [3.8, 4) is 5.75 Å². The lowest BCUT2D eigenvalue weighted by Crippen LogP contribution is -2.14. The van der Waals surface area contributed by atoms with Gasteiger partial charge in [0.15, 0.2) is 0 Å². The molecule has 0 aliphatic carbocycles. The van der Waals surface area contributed by atoms with E-state index < -0.39 is 11.9 Å². The largest absolute Gasteiger partial charge is 0.506 e. The van der Waals surface area contributed by atoms with E-state index >= 15 is 0 Å². The minimum atomic E-state index is -0.771. The van der Waals surface area contributed by atoms with Gasteiger partial charge in [-0.3, -0.25) is 0 Å². The zero-order valence-electron chi connectivity index (χ0n) is 6.67. The van der Waals surface area contributed by atoms with E-state index in [4.69, 9.17) is 10.8 Å². The van der Waals surface area contributed by atoms with Crippen LogP contribution in [-0.4, -0.2) is 16.8 Å². The molecule has 1 atom stereocenters. The third-order valence-corrected chi connectivity index (χ3v) is 2.26. The summed E-state index contributed by atoms with van der Waals surface area (Å²) in [6.07, 6.45) is 0. The van der Waals surface area contributed by atoms with Crippen LogP contribution in [0.4, 0.5) is 4.39 Å². The topological polar surface area (TPSA) is 66.5 Å². The second kappa shape index (κ2) is 4.04. The summed E-state index contributed by atoms with van der Waals surface area (Å²) in [6, 6.07) is 1.45. The third kappa shape index (κ3) is 2.18. The highest BCUT2D eigenvalue weighted by Gasteiger charge is 2.13. The number of halogens is 2. The highest BCUT2D eigenvalue weighted by Crippen LogP contribution is 2.31. The van der Waals surface area contributed by atoms with Crippen LogP contribution in [0.2, 0.25) is 0 Å². The Balaban J connectivity index is 3.20. The number of aliphatic hydroxyl groups excluding tert-OH is 1. The molecule has 0 heterocycles. The third-order valence-electron chi connectivity index (χ3n) is 1.65. The first-order valence-electron chi connectivity index (χ1n) is 3.60.